The Kier molecular flexibility index (Phi) is 3.68. The van der Waals surface area contributed by atoms with Gasteiger partial charge in [-0.1, -0.05) is 6.92 Å². The second-order valence-electron chi connectivity index (χ2n) is 6.34. The number of furan rings is 1. The van der Waals surface area contributed by atoms with E-state index in [0.717, 1.165) is 29.9 Å². The first-order valence-corrected chi connectivity index (χ1v) is 7.76. The summed E-state index contributed by atoms with van der Waals surface area (Å²) in [6.07, 6.45) is 6.46. The summed E-state index contributed by atoms with van der Waals surface area (Å²) in [5.74, 6) is 2.97. The highest BCUT2D eigenvalue weighted by molar-refractivity contribution is 5.13. The summed E-state index contributed by atoms with van der Waals surface area (Å²) in [5.41, 5.74) is 6.42. The predicted octanol–water partition coefficient (Wildman–Crippen LogP) is 3.24. The Labute approximate surface area is 116 Å². The highest BCUT2D eigenvalue weighted by Crippen LogP contribution is 2.41. The zero-order valence-corrected chi connectivity index (χ0v) is 12.1. The highest BCUT2D eigenvalue weighted by Gasteiger charge is 2.40. The molecule has 0 bridgehead atoms. The fraction of sp³-hybridized carbons (Fsp3) is 0.750. The molecule has 2 aliphatic rings. The van der Waals surface area contributed by atoms with E-state index in [9.17, 15) is 0 Å². The second-order valence-corrected chi connectivity index (χ2v) is 6.34. The summed E-state index contributed by atoms with van der Waals surface area (Å²) in [4.78, 5) is 2.64. The molecule has 19 heavy (non-hydrogen) atoms. The molecule has 1 aromatic rings. The summed E-state index contributed by atoms with van der Waals surface area (Å²) < 4.78 is 5.91. The molecule has 2 atom stereocenters. The Hall–Kier alpha value is -0.800. The molecule has 106 valence electrons. The van der Waals surface area contributed by atoms with Gasteiger partial charge >= 0.3 is 0 Å². The Morgan fingerprint density at radius 2 is 2.05 bits per heavy atom. The van der Waals surface area contributed by atoms with Crippen molar-refractivity contribution in [3.63, 3.8) is 0 Å². The number of nitrogens with zero attached hydrogens (tertiary/aromatic N) is 1. The summed E-state index contributed by atoms with van der Waals surface area (Å²) in [7, 11) is 0. The van der Waals surface area contributed by atoms with Gasteiger partial charge in [-0.25, -0.2) is 0 Å². The van der Waals surface area contributed by atoms with Crippen LogP contribution in [0.4, 0.5) is 0 Å². The van der Waals surface area contributed by atoms with Crippen LogP contribution in [0.3, 0.4) is 0 Å². The van der Waals surface area contributed by atoms with Crippen LogP contribution in [0.2, 0.25) is 0 Å². The smallest absolute Gasteiger partial charge is 0.122 e. The van der Waals surface area contributed by atoms with E-state index in [4.69, 9.17) is 10.2 Å². The van der Waals surface area contributed by atoms with Crippen molar-refractivity contribution in [3.05, 3.63) is 23.7 Å². The largest absolute Gasteiger partial charge is 0.465 e. The Morgan fingerprint density at radius 3 is 2.53 bits per heavy atom. The molecule has 2 saturated carbocycles. The van der Waals surface area contributed by atoms with Crippen molar-refractivity contribution in [1.29, 1.82) is 0 Å². The number of rotatable bonds is 7. The lowest BCUT2D eigenvalue weighted by atomic mass is 10.0. The third-order valence-corrected chi connectivity index (χ3v) is 4.47. The molecule has 2 aliphatic carbocycles. The van der Waals surface area contributed by atoms with Crippen LogP contribution in [0.15, 0.2) is 16.5 Å². The van der Waals surface area contributed by atoms with Crippen molar-refractivity contribution in [3.8, 4) is 0 Å². The molecule has 0 radical (unpaired) electrons. The number of hydrogen-bond acceptors (Lipinski definition) is 3. The van der Waals surface area contributed by atoms with E-state index >= 15 is 0 Å². The van der Waals surface area contributed by atoms with Gasteiger partial charge in [-0.15, -0.1) is 0 Å². The van der Waals surface area contributed by atoms with Gasteiger partial charge in [0.25, 0.3) is 0 Å². The maximum absolute atomic E-state index is 6.42. The first kappa shape index (κ1) is 13.2. The number of aryl methyl sites for hydroxylation is 1. The van der Waals surface area contributed by atoms with Gasteiger partial charge in [-0.05, 0) is 57.1 Å². The molecule has 3 heteroatoms. The molecule has 1 heterocycles. The standard InChI is InChI=1S/C16H26N2O/c1-3-14(17)16(15-9-4-11(2)19-15)18(13-7-8-13)10-12-5-6-12/h4,9,12-14,16H,3,5-8,10,17H2,1-2H3. The van der Waals surface area contributed by atoms with Gasteiger partial charge in [0, 0.05) is 18.6 Å². The molecular formula is C16H26N2O. The van der Waals surface area contributed by atoms with Crippen LogP contribution in [0.5, 0.6) is 0 Å². The fourth-order valence-electron chi connectivity index (χ4n) is 2.95. The van der Waals surface area contributed by atoms with Crippen LogP contribution in [0.25, 0.3) is 0 Å². The van der Waals surface area contributed by atoms with Crippen molar-refractivity contribution in [1.82, 2.24) is 4.90 Å². The summed E-state index contributed by atoms with van der Waals surface area (Å²) in [6.45, 7) is 5.40. The maximum atomic E-state index is 6.42. The first-order valence-electron chi connectivity index (χ1n) is 7.76. The van der Waals surface area contributed by atoms with Crippen LogP contribution in [-0.2, 0) is 0 Å². The third-order valence-electron chi connectivity index (χ3n) is 4.47. The molecule has 3 rings (SSSR count). The van der Waals surface area contributed by atoms with E-state index in [1.807, 2.05) is 6.92 Å². The van der Waals surface area contributed by atoms with Gasteiger partial charge in [0.2, 0.25) is 0 Å². The van der Waals surface area contributed by atoms with Crippen molar-refractivity contribution in [2.24, 2.45) is 11.7 Å². The number of hydrogen-bond donors (Lipinski definition) is 1. The van der Waals surface area contributed by atoms with E-state index in [1.54, 1.807) is 0 Å². The molecule has 0 saturated heterocycles. The average Bonchev–Trinajstić information content (AvgIpc) is 3.29. The van der Waals surface area contributed by atoms with Crippen LogP contribution in [-0.4, -0.2) is 23.5 Å². The van der Waals surface area contributed by atoms with Gasteiger partial charge in [0.05, 0.1) is 6.04 Å². The molecule has 0 spiro atoms. The topological polar surface area (TPSA) is 42.4 Å². The quantitative estimate of drug-likeness (QED) is 0.820. The van der Waals surface area contributed by atoms with Crippen LogP contribution >= 0.6 is 0 Å². The highest BCUT2D eigenvalue weighted by atomic mass is 16.3. The van der Waals surface area contributed by atoms with E-state index in [1.165, 1.54) is 32.2 Å². The minimum Gasteiger partial charge on any atom is -0.465 e. The van der Waals surface area contributed by atoms with Crippen LogP contribution in [0, 0.1) is 12.8 Å². The molecule has 0 aromatic carbocycles. The molecule has 2 N–H and O–H groups in total. The SMILES string of the molecule is CCC(N)C(c1ccc(C)o1)N(CC1CC1)C1CC1. The van der Waals surface area contributed by atoms with Crippen molar-refractivity contribution >= 4 is 0 Å². The molecule has 0 aliphatic heterocycles. The van der Waals surface area contributed by atoms with Gasteiger partial charge in [0.15, 0.2) is 0 Å². The van der Waals surface area contributed by atoms with E-state index in [-0.39, 0.29) is 12.1 Å². The number of nitrogens with two attached hydrogens (primary N) is 1. The molecule has 1 aromatic heterocycles. The van der Waals surface area contributed by atoms with Gasteiger partial charge in [-0.2, -0.15) is 0 Å². The minimum atomic E-state index is 0.171. The van der Waals surface area contributed by atoms with Crippen LogP contribution in [0.1, 0.15) is 56.6 Å². The summed E-state index contributed by atoms with van der Waals surface area (Å²) in [6, 6.07) is 5.37. The van der Waals surface area contributed by atoms with Crippen molar-refractivity contribution in [2.45, 2.75) is 64.1 Å². The van der Waals surface area contributed by atoms with E-state index < -0.39 is 0 Å². The molecule has 2 unspecified atom stereocenters. The summed E-state index contributed by atoms with van der Waals surface area (Å²) in [5, 5.41) is 0. The van der Waals surface area contributed by atoms with E-state index in [2.05, 4.69) is 24.0 Å². The normalized spacial score (nSPS) is 22.7. The van der Waals surface area contributed by atoms with Gasteiger partial charge < -0.3 is 10.2 Å². The molecular weight excluding hydrogens is 236 g/mol. The molecule has 2 fully saturated rings. The maximum Gasteiger partial charge on any atom is 0.122 e. The monoisotopic (exact) mass is 262 g/mol. The zero-order valence-electron chi connectivity index (χ0n) is 12.1. The van der Waals surface area contributed by atoms with Gasteiger partial charge in [-0.3, -0.25) is 4.90 Å². The summed E-state index contributed by atoms with van der Waals surface area (Å²) >= 11 is 0. The molecule has 0 amide bonds. The predicted molar refractivity (Wildman–Crippen MR) is 76.9 cm³/mol. The van der Waals surface area contributed by atoms with Crippen molar-refractivity contribution in [2.75, 3.05) is 6.54 Å². The Morgan fingerprint density at radius 1 is 1.32 bits per heavy atom. The first-order chi connectivity index (χ1) is 9.19. The molecule has 3 nitrogen and oxygen atoms in total. The Bertz CT molecular complexity index is 420. The fourth-order valence-corrected chi connectivity index (χ4v) is 2.95. The second kappa shape index (κ2) is 5.29. The van der Waals surface area contributed by atoms with Crippen molar-refractivity contribution < 1.29 is 4.42 Å². The zero-order chi connectivity index (χ0) is 13.4. The van der Waals surface area contributed by atoms with E-state index in [0.29, 0.717) is 0 Å². The lowest BCUT2D eigenvalue weighted by molar-refractivity contribution is 0.132. The third kappa shape index (κ3) is 3.03. The minimum absolute atomic E-state index is 0.171. The lowest BCUT2D eigenvalue weighted by Gasteiger charge is -2.34. The Balaban J connectivity index is 1.82. The average molecular weight is 262 g/mol. The van der Waals surface area contributed by atoms with Gasteiger partial charge in [0.1, 0.15) is 11.5 Å². The lowest BCUT2D eigenvalue weighted by Crippen LogP contribution is -2.43. The van der Waals surface area contributed by atoms with Crippen LogP contribution < -0.4 is 5.73 Å².